The molecule has 4 nitrogen and oxygen atoms in total. The summed E-state index contributed by atoms with van der Waals surface area (Å²) in [6, 6.07) is 1.79. The van der Waals surface area contributed by atoms with Crippen LogP contribution in [-0.4, -0.2) is 10.9 Å². The Hall–Kier alpha value is -1.84. The van der Waals surface area contributed by atoms with Crippen LogP contribution in [0.1, 0.15) is 11.3 Å². The molecule has 0 fully saturated rings. The van der Waals surface area contributed by atoms with Gasteiger partial charge in [0.2, 0.25) is 5.91 Å². The second kappa shape index (κ2) is 3.71. The van der Waals surface area contributed by atoms with Gasteiger partial charge in [-0.25, -0.2) is 0 Å². The third kappa shape index (κ3) is 2.59. The first-order valence-corrected chi connectivity index (χ1v) is 3.79. The van der Waals surface area contributed by atoms with E-state index in [1.54, 1.807) is 18.3 Å². The molecule has 13 heavy (non-hydrogen) atoms. The van der Waals surface area contributed by atoms with Crippen molar-refractivity contribution in [1.29, 1.82) is 0 Å². The first kappa shape index (κ1) is 9.25. The summed E-state index contributed by atoms with van der Waals surface area (Å²) in [4.78, 5) is 14.4. The molecule has 0 bridgehead atoms. The highest BCUT2D eigenvalue weighted by molar-refractivity contribution is 5.90. The zero-order valence-electron chi connectivity index (χ0n) is 7.32. The number of nitrogens with zero attached hydrogens (tertiary/aromatic N) is 1. The Labute approximate surface area is 76.3 Å². The van der Waals surface area contributed by atoms with Crippen LogP contribution in [0.5, 0.6) is 0 Å². The number of rotatable bonds is 2. The van der Waals surface area contributed by atoms with Gasteiger partial charge in [0, 0.05) is 6.08 Å². The quantitative estimate of drug-likeness (QED) is 0.644. The van der Waals surface area contributed by atoms with Gasteiger partial charge in [-0.1, -0.05) is 0 Å². The van der Waals surface area contributed by atoms with Crippen molar-refractivity contribution in [3.63, 3.8) is 0 Å². The molecule has 0 aromatic carbocycles. The fourth-order valence-electron chi connectivity index (χ4n) is 0.847. The predicted octanol–water partition coefficient (Wildman–Crippen LogP) is 0.471. The Morgan fingerprint density at radius 2 is 2.31 bits per heavy atom. The van der Waals surface area contributed by atoms with E-state index in [2.05, 4.69) is 4.98 Å². The van der Waals surface area contributed by atoms with Crippen LogP contribution in [0.25, 0.3) is 6.08 Å². The van der Waals surface area contributed by atoms with Crippen LogP contribution in [-0.2, 0) is 4.79 Å². The molecule has 1 amide bonds. The highest BCUT2D eigenvalue weighted by atomic mass is 16.1. The summed E-state index contributed by atoms with van der Waals surface area (Å²) in [5.74, 6) is -0.490. The van der Waals surface area contributed by atoms with Gasteiger partial charge in [0.15, 0.2) is 0 Å². The molecule has 0 aliphatic rings. The second-order valence-corrected chi connectivity index (χ2v) is 2.70. The molecule has 1 aromatic heterocycles. The summed E-state index contributed by atoms with van der Waals surface area (Å²) >= 11 is 0. The topological polar surface area (TPSA) is 82.0 Å². The van der Waals surface area contributed by atoms with E-state index < -0.39 is 5.91 Å². The average Bonchev–Trinajstić information content (AvgIpc) is 2.07. The number of nitrogens with two attached hydrogens (primary N) is 2. The maximum Gasteiger partial charge on any atom is 0.241 e. The Balaban J connectivity index is 2.92. The minimum absolute atomic E-state index is 0.490. The van der Waals surface area contributed by atoms with Crippen molar-refractivity contribution in [2.45, 2.75) is 6.92 Å². The van der Waals surface area contributed by atoms with E-state index in [9.17, 15) is 4.79 Å². The highest BCUT2D eigenvalue weighted by Crippen LogP contribution is 2.10. The summed E-state index contributed by atoms with van der Waals surface area (Å²) in [7, 11) is 0. The molecule has 0 radical (unpaired) electrons. The van der Waals surface area contributed by atoms with Crippen molar-refractivity contribution in [2.75, 3.05) is 5.73 Å². The molecule has 4 N–H and O–H groups in total. The third-order valence-corrected chi connectivity index (χ3v) is 1.59. The van der Waals surface area contributed by atoms with Gasteiger partial charge in [0.1, 0.15) is 0 Å². The Morgan fingerprint density at radius 1 is 1.62 bits per heavy atom. The first-order valence-electron chi connectivity index (χ1n) is 3.79. The third-order valence-electron chi connectivity index (χ3n) is 1.59. The molecule has 1 rings (SSSR count). The van der Waals surface area contributed by atoms with Gasteiger partial charge in [-0.3, -0.25) is 9.78 Å². The molecule has 0 aliphatic heterocycles. The predicted molar refractivity (Wildman–Crippen MR) is 51.6 cm³/mol. The molecule has 0 saturated carbocycles. The van der Waals surface area contributed by atoms with Crippen molar-refractivity contribution in [1.82, 2.24) is 4.98 Å². The van der Waals surface area contributed by atoms with Crippen LogP contribution in [0.15, 0.2) is 18.3 Å². The molecule has 1 heterocycles. The zero-order valence-corrected chi connectivity index (χ0v) is 7.32. The largest absolute Gasteiger partial charge is 0.397 e. The lowest BCUT2D eigenvalue weighted by molar-refractivity contribution is -0.113. The molecule has 0 atom stereocenters. The van der Waals surface area contributed by atoms with Crippen LogP contribution in [0.2, 0.25) is 0 Å². The van der Waals surface area contributed by atoms with Gasteiger partial charge >= 0.3 is 0 Å². The minimum atomic E-state index is -0.490. The summed E-state index contributed by atoms with van der Waals surface area (Å²) in [5.41, 5.74) is 12.7. The Kier molecular flexibility index (Phi) is 2.64. The normalized spacial score (nSPS) is 10.5. The maximum absolute atomic E-state index is 10.4. The van der Waals surface area contributed by atoms with E-state index in [1.807, 2.05) is 6.92 Å². The van der Waals surface area contributed by atoms with Crippen molar-refractivity contribution in [2.24, 2.45) is 5.73 Å². The van der Waals surface area contributed by atoms with Crippen LogP contribution < -0.4 is 11.5 Å². The standard InChI is InChI=1S/C9H11N3O/c1-6-4-7(2-3-9(11)13)12-5-8(6)10/h2-5H,10H2,1H3,(H2,11,13). The van der Waals surface area contributed by atoms with Crippen LogP contribution >= 0.6 is 0 Å². The van der Waals surface area contributed by atoms with E-state index >= 15 is 0 Å². The molecule has 0 spiro atoms. The maximum atomic E-state index is 10.4. The van der Waals surface area contributed by atoms with Crippen LogP contribution in [0.4, 0.5) is 5.69 Å². The van der Waals surface area contributed by atoms with E-state index in [0.717, 1.165) is 5.56 Å². The first-order chi connectivity index (χ1) is 6.09. The lowest BCUT2D eigenvalue weighted by Crippen LogP contribution is -2.05. The van der Waals surface area contributed by atoms with Crippen LogP contribution in [0, 0.1) is 6.92 Å². The number of hydrogen-bond acceptors (Lipinski definition) is 3. The average molecular weight is 177 g/mol. The molecule has 1 aromatic rings. The number of nitrogen functional groups attached to an aromatic ring is 1. The van der Waals surface area contributed by atoms with E-state index in [0.29, 0.717) is 11.4 Å². The summed E-state index contributed by atoms with van der Waals surface area (Å²) in [5, 5.41) is 0. The lowest BCUT2D eigenvalue weighted by Gasteiger charge is -1.98. The second-order valence-electron chi connectivity index (χ2n) is 2.70. The SMILES string of the molecule is Cc1cc(C=CC(N)=O)ncc1N. The van der Waals surface area contributed by atoms with Crippen LogP contribution in [0.3, 0.4) is 0 Å². The van der Waals surface area contributed by atoms with Gasteiger partial charge in [0.05, 0.1) is 17.6 Å². The summed E-state index contributed by atoms with van der Waals surface area (Å²) < 4.78 is 0. The van der Waals surface area contributed by atoms with E-state index in [-0.39, 0.29) is 0 Å². The summed E-state index contributed by atoms with van der Waals surface area (Å²) in [6.45, 7) is 1.87. The minimum Gasteiger partial charge on any atom is -0.397 e. The molecular formula is C9H11N3O. The van der Waals surface area contributed by atoms with Crippen molar-refractivity contribution in [3.8, 4) is 0 Å². The van der Waals surface area contributed by atoms with Crippen molar-refractivity contribution < 1.29 is 4.79 Å². The van der Waals surface area contributed by atoms with Gasteiger partial charge < -0.3 is 11.5 Å². The molecule has 68 valence electrons. The van der Waals surface area contributed by atoms with Crippen molar-refractivity contribution >= 4 is 17.7 Å². The number of amides is 1. The van der Waals surface area contributed by atoms with E-state index in [4.69, 9.17) is 11.5 Å². The number of aryl methyl sites for hydroxylation is 1. The fraction of sp³-hybridized carbons (Fsp3) is 0.111. The van der Waals surface area contributed by atoms with Crippen molar-refractivity contribution in [3.05, 3.63) is 29.6 Å². The molecule has 0 saturated heterocycles. The number of carbonyl (C=O) groups excluding carboxylic acids is 1. The lowest BCUT2D eigenvalue weighted by atomic mass is 10.2. The Morgan fingerprint density at radius 3 is 2.85 bits per heavy atom. The van der Waals surface area contributed by atoms with Gasteiger partial charge in [-0.05, 0) is 24.6 Å². The van der Waals surface area contributed by atoms with Gasteiger partial charge in [-0.15, -0.1) is 0 Å². The molecule has 4 heteroatoms. The van der Waals surface area contributed by atoms with Gasteiger partial charge in [-0.2, -0.15) is 0 Å². The van der Waals surface area contributed by atoms with E-state index in [1.165, 1.54) is 6.08 Å². The highest BCUT2D eigenvalue weighted by Gasteiger charge is 1.94. The number of primary amides is 1. The summed E-state index contributed by atoms with van der Waals surface area (Å²) in [6.07, 6.45) is 4.36. The Bertz CT molecular complexity index is 358. The number of aromatic nitrogens is 1. The monoisotopic (exact) mass is 177 g/mol. The number of pyridine rings is 1. The number of carbonyl (C=O) groups is 1. The number of anilines is 1. The smallest absolute Gasteiger partial charge is 0.241 e. The molecular weight excluding hydrogens is 166 g/mol. The molecule has 0 aliphatic carbocycles. The fourth-order valence-corrected chi connectivity index (χ4v) is 0.847. The molecule has 0 unspecified atom stereocenters. The zero-order chi connectivity index (χ0) is 9.84. The van der Waals surface area contributed by atoms with Gasteiger partial charge in [0.25, 0.3) is 0 Å². The number of hydrogen-bond donors (Lipinski definition) is 2.